The second-order valence-corrected chi connectivity index (χ2v) is 8.74. The van der Waals surface area contributed by atoms with Crippen molar-refractivity contribution < 1.29 is 40.7 Å². The molecule has 2 aromatic carbocycles. The number of aromatic nitrogens is 3. The van der Waals surface area contributed by atoms with E-state index < -0.39 is 35.0 Å². The monoisotopic (exact) mass is 549 g/mol. The Balaban J connectivity index is 1.32. The topological polar surface area (TPSA) is 97.6 Å². The SMILES string of the molecule is O=C(Nc1cccc(Oc2ccc3nc(NC(=O)C4CC4)cn3n2)c1)c1cc(C(F)(F)F)cc(C(F)(F)F)c1. The van der Waals surface area contributed by atoms with E-state index in [0.717, 1.165) is 12.8 Å². The summed E-state index contributed by atoms with van der Waals surface area (Å²) in [5, 5.41) is 9.23. The quantitative estimate of drug-likeness (QED) is 0.281. The van der Waals surface area contributed by atoms with Gasteiger partial charge in [0.25, 0.3) is 5.91 Å². The normalized spacial score (nSPS) is 13.8. The third kappa shape index (κ3) is 6.10. The van der Waals surface area contributed by atoms with Crippen molar-refractivity contribution in [3.05, 3.63) is 77.5 Å². The number of benzene rings is 2. The minimum absolute atomic E-state index is 0.00490. The maximum Gasteiger partial charge on any atom is 0.416 e. The first-order valence-electron chi connectivity index (χ1n) is 11.4. The van der Waals surface area contributed by atoms with Crippen LogP contribution < -0.4 is 15.4 Å². The van der Waals surface area contributed by atoms with Crippen molar-refractivity contribution in [2.75, 3.05) is 10.6 Å². The fourth-order valence-corrected chi connectivity index (χ4v) is 3.60. The van der Waals surface area contributed by atoms with Crippen LogP contribution in [-0.4, -0.2) is 26.4 Å². The van der Waals surface area contributed by atoms with Gasteiger partial charge in [-0.1, -0.05) is 6.07 Å². The van der Waals surface area contributed by atoms with Crippen molar-refractivity contribution in [1.29, 1.82) is 0 Å². The van der Waals surface area contributed by atoms with E-state index in [9.17, 15) is 35.9 Å². The van der Waals surface area contributed by atoms with E-state index in [1.165, 1.54) is 41.0 Å². The molecule has 0 atom stereocenters. The van der Waals surface area contributed by atoms with Crippen molar-refractivity contribution in [1.82, 2.24) is 14.6 Å². The van der Waals surface area contributed by atoms with Gasteiger partial charge in [0.1, 0.15) is 5.75 Å². The van der Waals surface area contributed by atoms with Gasteiger partial charge < -0.3 is 15.4 Å². The number of nitrogens with one attached hydrogen (secondary N) is 2. The van der Waals surface area contributed by atoms with Crippen LogP contribution in [0.25, 0.3) is 5.65 Å². The molecule has 2 amide bonds. The van der Waals surface area contributed by atoms with Crippen LogP contribution in [0.2, 0.25) is 0 Å². The van der Waals surface area contributed by atoms with Gasteiger partial charge in [-0.25, -0.2) is 9.50 Å². The van der Waals surface area contributed by atoms with Gasteiger partial charge in [0.2, 0.25) is 11.8 Å². The van der Waals surface area contributed by atoms with Crippen LogP contribution in [0.15, 0.2) is 60.8 Å². The standard InChI is InChI=1S/C25H17F6N5O3/c26-24(27,28)15-8-14(9-16(10-15)25(29,30)31)23(38)32-17-2-1-3-18(11-17)39-21-7-6-20-33-19(12-36(20)35-21)34-22(37)13-4-5-13/h1-3,6-13H,4-5H2,(H,32,38)(H,34,37). The zero-order valence-corrected chi connectivity index (χ0v) is 19.6. The summed E-state index contributed by atoms with van der Waals surface area (Å²) in [7, 11) is 0. The molecule has 2 heterocycles. The smallest absolute Gasteiger partial charge is 0.416 e. The maximum absolute atomic E-state index is 13.1. The van der Waals surface area contributed by atoms with Gasteiger partial charge in [-0.3, -0.25) is 9.59 Å². The van der Waals surface area contributed by atoms with Gasteiger partial charge in [-0.2, -0.15) is 26.3 Å². The fraction of sp³-hybridized carbons (Fsp3) is 0.200. The summed E-state index contributed by atoms with van der Waals surface area (Å²) in [5.74, 6) is -0.701. The molecule has 1 fully saturated rings. The summed E-state index contributed by atoms with van der Waals surface area (Å²) in [6, 6.07) is 9.38. The number of rotatable bonds is 6. The number of hydrogen-bond donors (Lipinski definition) is 2. The van der Waals surface area contributed by atoms with E-state index in [4.69, 9.17) is 4.74 Å². The summed E-state index contributed by atoms with van der Waals surface area (Å²) >= 11 is 0. The van der Waals surface area contributed by atoms with Crippen molar-refractivity contribution in [2.45, 2.75) is 25.2 Å². The van der Waals surface area contributed by atoms with Crippen LogP contribution in [0.4, 0.5) is 37.8 Å². The molecule has 14 heteroatoms. The molecule has 0 saturated heterocycles. The van der Waals surface area contributed by atoms with E-state index in [0.29, 0.717) is 23.6 Å². The molecule has 2 aromatic heterocycles. The van der Waals surface area contributed by atoms with Crippen LogP contribution in [0.3, 0.4) is 0 Å². The summed E-state index contributed by atoms with van der Waals surface area (Å²) in [4.78, 5) is 28.8. The number of halogens is 6. The first-order chi connectivity index (χ1) is 18.3. The van der Waals surface area contributed by atoms with Gasteiger partial charge in [-0.15, -0.1) is 5.10 Å². The van der Waals surface area contributed by atoms with Crippen molar-refractivity contribution in [2.24, 2.45) is 5.92 Å². The van der Waals surface area contributed by atoms with E-state index in [1.54, 1.807) is 6.07 Å². The number of alkyl halides is 6. The Kier molecular flexibility index (Phi) is 6.40. The molecule has 1 saturated carbocycles. The first kappa shape index (κ1) is 26.0. The minimum Gasteiger partial charge on any atom is -0.438 e. The molecule has 39 heavy (non-hydrogen) atoms. The molecule has 1 aliphatic rings. The van der Waals surface area contributed by atoms with Crippen LogP contribution in [0.5, 0.6) is 11.6 Å². The second-order valence-electron chi connectivity index (χ2n) is 8.74. The number of imidazole rings is 1. The van der Waals surface area contributed by atoms with Gasteiger partial charge in [-0.05, 0) is 49.2 Å². The number of anilines is 2. The van der Waals surface area contributed by atoms with Crippen LogP contribution >= 0.6 is 0 Å². The number of hydrogen-bond acceptors (Lipinski definition) is 5. The second kappa shape index (κ2) is 9.60. The highest BCUT2D eigenvalue weighted by molar-refractivity contribution is 6.04. The highest BCUT2D eigenvalue weighted by atomic mass is 19.4. The van der Waals surface area contributed by atoms with Crippen molar-refractivity contribution in [3.8, 4) is 11.6 Å². The molecule has 202 valence electrons. The van der Waals surface area contributed by atoms with Gasteiger partial charge in [0.15, 0.2) is 11.5 Å². The van der Waals surface area contributed by atoms with Gasteiger partial charge in [0, 0.05) is 29.3 Å². The fourth-order valence-electron chi connectivity index (χ4n) is 3.60. The Morgan fingerprint density at radius 3 is 2.23 bits per heavy atom. The van der Waals surface area contributed by atoms with Gasteiger partial charge in [0.05, 0.1) is 17.3 Å². The molecule has 0 unspecified atom stereocenters. The molecule has 0 bridgehead atoms. The minimum atomic E-state index is -5.09. The van der Waals surface area contributed by atoms with E-state index in [1.807, 2.05) is 0 Å². The number of fused-ring (bicyclic) bond motifs is 1. The zero-order chi connectivity index (χ0) is 27.9. The van der Waals surface area contributed by atoms with Crippen LogP contribution in [0, 0.1) is 5.92 Å². The third-order valence-corrected chi connectivity index (χ3v) is 5.66. The lowest BCUT2D eigenvalue weighted by atomic mass is 10.0. The Bertz CT molecular complexity index is 1540. The highest BCUT2D eigenvalue weighted by Gasteiger charge is 2.37. The van der Waals surface area contributed by atoms with E-state index >= 15 is 0 Å². The zero-order valence-electron chi connectivity index (χ0n) is 19.6. The molecule has 0 spiro atoms. The molecule has 4 aromatic rings. The molecule has 1 aliphatic carbocycles. The Morgan fingerprint density at radius 2 is 1.59 bits per heavy atom. The molecule has 0 radical (unpaired) electrons. The van der Waals surface area contributed by atoms with Crippen molar-refractivity contribution >= 4 is 29.0 Å². The number of carbonyl (C=O) groups is 2. The van der Waals surface area contributed by atoms with E-state index in [-0.39, 0.29) is 35.2 Å². The number of amides is 2. The molecule has 0 aliphatic heterocycles. The molecule has 8 nitrogen and oxygen atoms in total. The maximum atomic E-state index is 13.1. The summed E-state index contributed by atoms with van der Waals surface area (Å²) in [6.45, 7) is 0. The summed E-state index contributed by atoms with van der Waals surface area (Å²) in [5.41, 5.74) is -3.53. The number of ether oxygens (including phenoxy) is 1. The number of nitrogens with zero attached hydrogens (tertiary/aromatic N) is 3. The summed E-state index contributed by atoms with van der Waals surface area (Å²) < 4.78 is 85.8. The Labute approximate surface area is 215 Å². The van der Waals surface area contributed by atoms with Crippen LogP contribution in [0.1, 0.15) is 34.3 Å². The molecular weight excluding hydrogens is 532 g/mol. The third-order valence-electron chi connectivity index (χ3n) is 5.66. The predicted octanol–water partition coefficient (Wildman–Crippen LogP) is 6.16. The first-order valence-corrected chi connectivity index (χ1v) is 11.4. The lowest BCUT2D eigenvalue weighted by molar-refractivity contribution is -0.143. The molecular formula is C25H17F6N5O3. The molecule has 2 N–H and O–H groups in total. The van der Waals surface area contributed by atoms with Gasteiger partial charge >= 0.3 is 12.4 Å². The largest absolute Gasteiger partial charge is 0.438 e. The average molecular weight is 549 g/mol. The van der Waals surface area contributed by atoms with Crippen molar-refractivity contribution in [3.63, 3.8) is 0 Å². The lowest BCUT2D eigenvalue weighted by Crippen LogP contribution is -2.17. The molecule has 5 rings (SSSR count). The average Bonchev–Trinajstić information content (AvgIpc) is 3.64. The summed E-state index contributed by atoms with van der Waals surface area (Å²) in [6.07, 6.45) is -7.00. The predicted molar refractivity (Wildman–Crippen MR) is 125 cm³/mol. The van der Waals surface area contributed by atoms with E-state index in [2.05, 4.69) is 20.7 Å². The lowest BCUT2D eigenvalue weighted by Gasteiger charge is -2.14. The Hall–Kier alpha value is -4.62. The number of carbonyl (C=O) groups excluding carboxylic acids is 2. The Morgan fingerprint density at radius 1 is 0.897 bits per heavy atom. The van der Waals surface area contributed by atoms with Crippen LogP contribution in [-0.2, 0) is 17.1 Å². The highest BCUT2D eigenvalue weighted by Crippen LogP contribution is 2.36.